The Morgan fingerprint density at radius 3 is 2.71 bits per heavy atom. The topological polar surface area (TPSA) is 59.0 Å². The molecule has 1 amide bonds. The standard InChI is InChI=1S/C16H21NO4/c1-2-6-16(19)10-17(11-16)15(18)12-4-5-13-14(9-12)21-8-3-7-20-13/h4-5,9,19H,2-3,6-8,10-11H2,1H3. The van der Waals surface area contributed by atoms with Gasteiger partial charge in [0.15, 0.2) is 11.5 Å². The molecule has 1 aromatic rings. The number of benzene rings is 1. The van der Waals surface area contributed by atoms with Crippen molar-refractivity contribution in [1.82, 2.24) is 4.90 Å². The van der Waals surface area contributed by atoms with Crippen molar-refractivity contribution < 1.29 is 19.4 Å². The molecule has 21 heavy (non-hydrogen) atoms. The lowest BCUT2D eigenvalue weighted by atomic mass is 9.89. The average molecular weight is 291 g/mol. The molecule has 2 aliphatic heterocycles. The van der Waals surface area contributed by atoms with Crippen molar-refractivity contribution in [3.8, 4) is 11.5 Å². The van der Waals surface area contributed by atoms with Gasteiger partial charge in [0.05, 0.1) is 31.9 Å². The molecule has 3 rings (SSSR count). The molecule has 1 N–H and O–H groups in total. The summed E-state index contributed by atoms with van der Waals surface area (Å²) in [6.45, 7) is 4.09. The van der Waals surface area contributed by atoms with Crippen LogP contribution in [0.4, 0.5) is 0 Å². The summed E-state index contributed by atoms with van der Waals surface area (Å²) < 4.78 is 11.2. The third kappa shape index (κ3) is 2.83. The molecule has 0 spiro atoms. The first kappa shape index (κ1) is 14.2. The molecule has 1 fully saturated rings. The Bertz CT molecular complexity index is 537. The Hall–Kier alpha value is -1.75. The molecule has 1 aromatic carbocycles. The number of hydrogen-bond donors (Lipinski definition) is 1. The molecule has 0 bridgehead atoms. The maximum Gasteiger partial charge on any atom is 0.254 e. The maximum atomic E-state index is 12.4. The van der Waals surface area contributed by atoms with E-state index in [4.69, 9.17) is 9.47 Å². The molecule has 2 aliphatic rings. The predicted molar refractivity (Wildman–Crippen MR) is 77.8 cm³/mol. The van der Waals surface area contributed by atoms with E-state index in [1.165, 1.54) is 0 Å². The minimum absolute atomic E-state index is 0.0635. The van der Waals surface area contributed by atoms with E-state index in [0.29, 0.717) is 43.4 Å². The zero-order valence-corrected chi connectivity index (χ0v) is 12.3. The normalized spacial score (nSPS) is 19.6. The van der Waals surface area contributed by atoms with Gasteiger partial charge in [-0.2, -0.15) is 0 Å². The van der Waals surface area contributed by atoms with Crippen molar-refractivity contribution >= 4 is 5.91 Å². The lowest BCUT2D eigenvalue weighted by Gasteiger charge is -2.46. The molecule has 0 unspecified atom stereocenters. The van der Waals surface area contributed by atoms with Crippen molar-refractivity contribution in [2.24, 2.45) is 0 Å². The van der Waals surface area contributed by atoms with Crippen LogP contribution in [-0.2, 0) is 0 Å². The monoisotopic (exact) mass is 291 g/mol. The number of amides is 1. The van der Waals surface area contributed by atoms with E-state index in [1.807, 2.05) is 6.92 Å². The molecule has 1 saturated heterocycles. The highest BCUT2D eigenvalue weighted by Gasteiger charge is 2.42. The second-order valence-corrected chi connectivity index (χ2v) is 5.85. The van der Waals surface area contributed by atoms with Crippen molar-refractivity contribution in [2.75, 3.05) is 26.3 Å². The third-order valence-corrected chi connectivity index (χ3v) is 3.97. The van der Waals surface area contributed by atoms with E-state index in [2.05, 4.69) is 0 Å². The van der Waals surface area contributed by atoms with Crippen LogP contribution in [-0.4, -0.2) is 47.8 Å². The van der Waals surface area contributed by atoms with Gasteiger partial charge in [-0.05, 0) is 24.6 Å². The first-order valence-corrected chi connectivity index (χ1v) is 7.53. The zero-order valence-electron chi connectivity index (χ0n) is 12.3. The number of carbonyl (C=O) groups is 1. The van der Waals surface area contributed by atoms with Crippen LogP contribution >= 0.6 is 0 Å². The van der Waals surface area contributed by atoms with E-state index >= 15 is 0 Å². The van der Waals surface area contributed by atoms with Crippen LogP contribution < -0.4 is 9.47 Å². The lowest BCUT2D eigenvalue weighted by Crippen LogP contribution is -2.63. The van der Waals surface area contributed by atoms with Gasteiger partial charge in [0.1, 0.15) is 0 Å². The van der Waals surface area contributed by atoms with Crippen LogP contribution in [0.15, 0.2) is 18.2 Å². The van der Waals surface area contributed by atoms with Crippen molar-refractivity contribution in [1.29, 1.82) is 0 Å². The van der Waals surface area contributed by atoms with Crippen LogP contribution in [0.1, 0.15) is 36.5 Å². The van der Waals surface area contributed by atoms with Crippen LogP contribution in [0.5, 0.6) is 11.5 Å². The predicted octanol–water partition coefficient (Wildman–Crippen LogP) is 1.83. The number of β-amino-alcohol motifs (C(OH)–C–C–N with tert-alkyl or cyclic N) is 1. The van der Waals surface area contributed by atoms with Gasteiger partial charge in [-0.25, -0.2) is 0 Å². The summed E-state index contributed by atoms with van der Waals surface area (Å²) >= 11 is 0. The van der Waals surface area contributed by atoms with Gasteiger partial charge in [-0.3, -0.25) is 4.79 Å². The van der Waals surface area contributed by atoms with Gasteiger partial charge in [0.25, 0.3) is 5.91 Å². The number of aliphatic hydroxyl groups is 1. The number of ether oxygens (including phenoxy) is 2. The van der Waals surface area contributed by atoms with Gasteiger partial charge < -0.3 is 19.5 Å². The maximum absolute atomic E-state index is 12.4. The first-order valence-electron chi connectivity index (χ1n) is 7.53. The molecule has 0 aromatic heterocycles. The fourth-order valence-corrected chi connectivity index (χ4v) is 2.91. The smallest absolute Gasteiger partial charge is 0.254 e. The number of nitrogens with zero attached hydrogens (tertiary/aromatic N) is 1. The molecule has 0 aliphatic carbocycles. The minimum atomic E-state index is -0.699. The molecule has 5 nitrogen and oxygen atoms in total. The molecule has 2 heterocycles. The van der Waals surface area contributed by atoms with Crippen molar-refractivity contribution in [3.05, 3.63) is 23.8 Å². The number of likely N-dealkylation sites (tertiary alicyclic amines) is 1. The Morgan fingerprint density at radius 2 is 2.00 bits per heavy atom. The van der Waals surface area contributed by atoms with E-state index in [-0.39, 0.29) is 5.91 Å². The van der Waals surface area contributed by atoms with Gasteiger partial charge in [0.2, 0.25) is 0 Å². The molecule has 0 radical (unpaired) electrons. The summed E-state index contributed by atoms with van der Waals surface area (Å²) in [6.07, 6.45) is 2.49. The molecular formula is C16H21NO4. The zero-order chi connectivity index (χ0) is 14.9. The van der Waals surface area contributed by atoms with E-state index in [0.717, 1.165) is 19.3 Å². The second-order valence-electron chi connectivity index (χ2n) is 5.85. The van der Waals surface area contributed by atoms with Crippen molar-refractivity contribution in [3.63, 3.8) is 0 Å². The highest BCUT2D eigenvalue weighted by Crippen LogP contribution is 2.32. The van der Waals surface area contributed by atoms with E-state index in [1.54, 1.807) is 23.1 Å². The average Bonchev–Trinajstić information content (AvgIpc) is 2.68. The SMILES string of the molecule is CCCC1(O)CN(C(=O)c2ccc3c(c2)OCCCO3)C1. The summed E-state index contributed by atoms with van der Waals surface area (Å²) in [6, 6.07) is 5.28. The highest BCUT2D eigenvalue weighted by molar-refractivity contribution is 5.95. The van der Waals surface area contributed by atoms with Crippen LogP contribution in [0.2, 0.25) is 0 Å². The Morgan fingerprint density at radius 1 is 1.29 bits per heavy atom. The highest BCUT2D eigenvalue weighted by atomic mass is 16.5. The largest absolute Gasteiger partial charge is 0.490 e. The van der Waals surface area contributed by atoms with E-state index in [9.17, 15) is 9.90 Å². The summed E-state index contributed by atoms with van der Waals surface area (Å²) in [5.41, 5.74) is -0.117. The lowest BCUT2D eigenvalue weighted by molar-refractivity contribution is -0.0860. The summed E-state index contributed by atoms with van der Waals surface area (Å²) in [5, 5.41) is 10.2. The Balaban J connectivity index is 1.70. The Kier molecular flexibility index (Phi) is 3.76. The fraction of sp³-hybridized carbons (Fsp3) is 0.562. The molecule has 114 valence electrons. The van der Waals surface area contributed by atoms with Gasteiger partial charge in [-0.15, -0.1) is 0 Å². The summed E-state index contributed by atoms with van der Waals surface area (Å²) in [4.78, 5) is 14.1. The summed E-state index contributed by atoms with van der Waals surface area (Å²) in [5.74, 6) is 1.25. The Labute approximate surface area is 124 Å². The minimum Gasteiger partial charge on any atom is -0.490 e. The fourth-order valence-electron chi connectivity index (χ4n) is 2.91. The number of hydrogen-bond acceptors (Lipinski definition) is 4. The van der Waals surface area contributed by atoms with Crippen LogP contribution in [0.25, 0.3) is 0 Å². The second kappa shape index (κ2) is 5.56. The number of fused-ring (bicyclic) bond motifs is 1. The van der Waals surface area contributed by atoms with Gasteiger partial charge in [-0.1, -0.05) is 13.3 Å². The summed E-state index contributed by atoms with van der Waals surface area (Å²) in [7, 11) is 0. The van der Waals surface area contributed by atoms with Gasteiger partial charge in [0, 0.05) is 12.0 Å². The molecule has 0 atom stereocenters. The number of carbonyl (C=O) groups excluding carboxylic acids is 1. The number of rotatable bonds is 3. The molecular weight excluding hydrogens is 270 g/mol. The third-order valence-electron chi connectivity index (χ3n) is 3.97. The van der Waals surface area contributed by atoms with E-state index < -0.39 is 5.60 Å². The van der Waals surface area contributed by atoms with Crippen LogP contribution in [0, 0.1) is 0 Å². The van der Waals surface area contributed by atoms with Gasteiger partial charge >= 0.3 is 0 Å². The first-order chi connectivity index (χ1) is 10.1. The quantitative estimate of drug-likeness (QED) is 0.923. The molecule has 5 heteroatoms. The molecule has 0 saturated carbocycles. The van der Waals surface area contributed by atoms with Crippen molar-refractivity contribution in [2.45, 2.75) is 31.8 Å². The van der Waals surface area contributed by atoms with Crippen LogP contribution in [0.3, 0.4) is 0 Å².